The van der Waals surface area contributed by atoms with Gasteiger partial charge in [-0.2, -0.15) is 0 Å². The molecule has 1 atom stereocenters. The van der Waals surface area contributed by atoms with Crippen LogP contribution in [0.2, 0.25) is 0 Å². The Labute approximate surface area is 131 Å². The number of allylic oxidation sites excluding steroid dienone is 9. The highest BCUT2D eigenvalue weighted by Gasteiger charge is 2.28. The van der Waals surface area contributed by atoms with Gasteiger partial charge >= 0.3 is 0 Å². The Balaban J connectivity index is 1.49. The number of fused-ring (bicyclic) bond motifs is 1. The zero-order valence-electron chi connectivity index (χ0n) is 12.6. The molecule has 4 rings (SSSR count). The lowest BCUT2D eigenvalue weighted by Crippen LogP contribution is -2.17. The highest BCUT2D eigenvalue weighted by atomic mass is 14.8. The molecule has 1 heteroatoms. The van der Waals surface area contributed by atoms with E-state index in [1.807, 2.05) is 0 Å². The van der Waals surface area contributed by atoms with E-state index in [2.05, 4.69) is 73.0 Å². The Morgan fingerprint density at radius 1 is 1.09 bits per heavy atom. The lowest BCUT2D eigenvalue weighted by molar-refractivity contribution is 0.948. The first-order chi connectivity index (χ1) is 10.9. The van der Waals surface area contributed by atoms with Crippen LogP contribution in [0.15, 0.2) is 94.7 Å². The number of hydrogen-bond acceptors (Lipinski definition) is 1. The number of hydrogen-bond donors (Lipinski definition) is 0. The first kappa shape index (κ1) is 13.3. The maximum atomic E-state index is 4.74. The summed E-state index contributed by atoms with van der Waals surface area (Å²) >= 11 is 0. The Morgan fingerprint density at radius 3 is 2.82 bits per heavy atom. The molecule has 0 amide bonds. The SMILES string of the molecule is C1=CC2C(C3=CCC=C3)=CN=C2C(CCc2ccccc2)=C1. The fourth-order valence-electron chi connectivity index (χ4n) is 3.35. The molecule has 0 saturated carbocycles. The maximum Gasteiger partial charge on any atom is 0.0549 e. The second kappa shape index (κ2) is 5.76. The van der Waals surface area contributed by atoms with Crippen molar-refractivity contribution in [1.82, 2.24) is 0 Å². The molecule has 3 aliphatic rings. The van der Waals surface area contributed by atoms with Crippen LogP contribution in [-0.4, -0.2) is 5.71 Å². The summed E-state index contributed by atoms with van der Waals surface area (Å²) in [6.07, 6.45) is 18.7. The molecule has 0 N–H and O–H groups in total. The van der Waals surface area contributed by atoms with Crippen LogP contribution < -0.4 is 0 Å². The Hall–Kier alpha value is -2.41. The summed E-state index contributed by atoms with van der Waals surface area (Å²) in [5.41, 5.74) is 6.71. The van der Waals surface area contributed by atoms with Crippen LogP contribution >= 0.6 is 0 Å². The summed E-state index contributed by atoms with van der Waals surface area (Å²) in [5.74, 6) is 0.352. The molecule has 1 aliphatic heterocycles. The minimum absolute atomic E-state index is 0.352. The van der Waals surface area contributed by atoms with Crippen molar-refractivity contribution in [2.24, 2.45) is 10.9 Å². The molecule has 0 aromatic heterocycles. The second-order valence-electron chi connectivity index (χ2n) is 5.94. The van der Waals surface area contributed by atoms with Crippen molar-refractivity contribution < 1.29 is 0 Å². The summed E-state index contributed by atoms with van der Waals surface area (Å²) in [5, 5.41) is 0. The molecular formula is C21H19N. The monoisotopic (exact) mass is 285 g/mol. The topological polar surface area (TPSA) is 12.4 Å². The maximum absolute atomic E-state index is 4.74. The van der Waals surface area contributed by atoms with E-state index >= 15 is 0 Å². The highest BCUT2D eigenvalue weighted by Crippen LogP contribution is 2.36. The minimum atomic E-state index is 0.352. The van der Waals surface area contributed by atoms with Crippen LogP contribution in [0.4, 0.5) is 0 Å². The Kier molecular flexibility index (Phi) is 3.48. The van der Waals surface area contributed by atoms with Gasteiger partial charge < -0.3 is 0 Å². The van der Waals surface area contributed by atoms with Gasteiger partial charge in [-0.3, -0.25) is 4.99 Å². The van der Waals surface area contributed by atoms with E-state index in [9.17, 15) is 0 Å². The van der Waals surface area contributed by atoms with E-state index in [1.54, 1.807) is 0 Å². The molecule has 1 aromatic rings. The largest absolute Gasteiger partial charge is 0.260 e. The normalized spacial score (nSPS) is 22.1. The highest BCUT2D eigenvalue weighted by molar-refractivity contribution is 6.08. The number of nitrogens with zero attached hydrogens (tertiary/aromatic N) is 1. The molecule has 108 valence electrons. The van der Waals surface area contributed by atoms with Gasteiger partial charge in [0.2, 0.25) is 0 Å². The van der Waals surface area contributed by atoms with Gasteiger partial charge in [0.15, 0.2) is 0 Å². The van der Waals surface area contributed by atoms with Gasteiger partial charge in [-0.1, -0.05) is 66.8 Å². The fourth-order valence-corrected chi connectivity index (χ4v) is 3.35. The van der Waals surface area contributed by atoms with Crippen molar-refractivity contribution in [2.45, 2.75) is 19.3 Å². The predicted octanol–water partition coefficient (Wildman–Crippen LogP) is 4.96. The molecule has 1 heterocycles. The molecule has 0 radical (unpaired) electrons. The average Bonchev–Trinajstić information content (AvgIpc) is 3.22. The molecule has 1 aromatic carbocycles. The first-order valence-electron chi connectivity index (χ1n) is 7.98. The van der Waals surface area contributed by atoms with Crippen molar-refractivity contribution in [1.29, 1.82) is 0 Å². The number of aliphatic imine (C=N–C) groups is 1. The molecule has 1 unspecified atom stereocenters. The third-order valence-corrected chi connectivity index (χ3v) is 4.53. The third-order valence-electron chi connectivity index (χ3n) is 4.53. The Bertz CT molecular complexity index is 754. The van der Waals surface area contributed by atoms with Crippen LogP contribution in [0.3, 0.4) is 0 Å². The van der Waals surface area contributed by atoms with Crippen molar-refractivity contribution in [3.8, 4) is 0 Å². The summed E-state index contributed by atoms with van der Waals surface area (Å²) in [6, 6.07) is 10.7. The molecule has 0 spiro atoms. The zero-order chi connectivity index (χ0) is 14.8. The minimum Gasteiger partial charge on any atom is -0.260 e. The lowest BCUT2D eigenvalue weighted by atomic mass is 9.83. The van der Waals surface area contributed by atoms with Crippen molar-refractivity contribution >= 4 is 5.71 Å². The van der Waals surface area contributed by atoms with Gasteiger partial charge in [-0.25, -0.2) is 0 Å². The lowest BCUT2D eigenvalue weighted by Gasteiger charge is -2.19. The third kappa shape index (κ3) is 2.43. The van der Waals surface area contributed by atoms with E-state index in [4.69, 9.17) is 4.99 Å². The van der Waals surface area contributed by atoms with Gasteiger partial charge in [0.05, 0.1) is 5.71 Å². The summed E-state index contributed by atoms with van der Waals surface area (Å²) in [6.45, 7) is 0. The van der Waals surface area contributed by atoms with Crippen LogP contribution in [0.25, 0.3) is 0 Å². The van der Waals surface area contributed by atoms with E-state index in [0.29, 0.717) is 5.92 Å². The summed E-state index contributed by atoms with van der Waals surface area (Å²) < 4.78 is 0. The fraction of sp³-hybridized carbons (Fsp3) is 0.190. The molecule has 22 heavy (non-hydrogen) atoms. The van der Waals surface area contributed by atoms with Gasteiger partial charge in [0, 0.05) is 12.1 Å². The first-order valence-corrected chi connectivity index (χ1v) is 7.98. The molecular weight excluding hydrogens is 266 g/mol. The second-order valence-corrected chi connectivity index (χ2v) is 5.94. The van der Waals surface area contributed by atoms with Crippen LogP contribution in [-0.2, 0) is 6.42 Å². The molecule has 0 bridgehead atoms. The molecule has 0 fully saturated rings. The van der Waals surface area contributed by atoms with Gasteiger partial charge in [-0.05, 0) is 41.5 Å². The van der Waals surface area contributed by atoms with E-state index in [-0.39, 0.29) is 0 Å². The summed E-state index contributed by atoms with van der Waals surface area (Å²) in [4.78, 5) is 4.74. The zero-order valence-corrected chi connectivity index (χ0v) is 12.6. The van der Waals surface area contributed by atoms with Gasteiger partial charge in [0.1, 0.15) is 0 Å². The number of benzene rings is 1. The van der Waals surface area contributed by atoms with E-state index < -0.39 is 0 Å². The van der Waals surface area contributed by atoms with Crippen LogP contribution in [0.1, 0.15) is 18.4 Å². The Morgan fingerprint density at radius 2 is 2.00 bits per heavy atom. The summed E-state index contributed by atoms with van der Waals surface area (Å²) in [7, 11) is 0. The van der Waals surface area contributed by atoms with E-state index in [1.165, 1.54) is 28.0 Å². The number of aryl methyl sites for hydroxylation is 1. The van der Waals surface area contributed by atoms with Gasteiger partial charge in [0.25, 0.3) is 0 Å². The number of rotatable bonds is 4. The van der Waals surface area contributed by atoms with Crippen LogP contribution in [0.5, 0.6) is 0 Å². The van der Waals surface area contributed by atoms with Crippen molar-refractivity contribution in [2.75, 3.05) is 0 Å². The standard InChI is InChI=1S/C21H19N/c1-2-7-16(8-3-1)13-14-18-11-6-12-19-20(15-22-21(18)19)17-9-4-5-10-17/h1-4,6-12,15,19H,5,13-14H2. The molecule has 2 aliphatic carbocycles. The van der Waals surface area contributed by atoms with Crippen molar-refractivity contribution in [3.05, 3.63) is 95.3 Å². The average molecular weight is 285 g/mol. The molecule has 1 nitrogen and oxygen atoms in total. The molecule has 0 saturated heterocycles. The van der Waals surface area contributed by atoms with Gasteiger partial charge in [-0.15, -0.1) is 0 Å². The van der Waals surface area contributed by atoms with Crippen LogP contribution in [0, 0.1) is 5.92 Å². The quantitative estimate of drug-likeness (QED) is 0.741. The van der Waals surface area contributed by atoms with E-state index in [0.717, 1.165) is 19.3 Å². The predicted molar refractivity (Wildman–Crippen MR) is 92.8 cm³/mol. The smallest absolute Gasteiger partial charge is 0.0549 e. The van der Waals surface area contributed by atoms with Crippen molar-refractivity contribution in [3.63, 3.8) is 0 Å².